The quantitative estimate of drug-likeness (QED) is 0.396. The maximum atomic E-state index is 5.89. The van der Waals surface area contributed by atoms with E-state index in [1.165, 1.54) is 0 Å². The first-order valence-electron chi connectivity index (χ1n) is 11.3. The van der Waals surface area contributed by atoms with Crippen molar-refractivity contribution in [3.8, 4) is 11.6 Å². The zero-order chi connectivity index (χ0) is 23.8. The van der Waals surface area contributed by atoms with Gasteiger partial charge in [0.1, 0.15) is 11.6 Å². The van der Waals surface area contributed by atoms with E-state index in [2.05, 4.69) is 57.7 Å². The largest absolute Gasteiger partial charge is 0.495 e. The van der Waals surface area contributed by atoms with Gasteiger partial charge in [0.05, 0.1) is 30.6 Å². The van der Waals surface area contributed by atoms with Gasteiger partial charge in [-0.1, -0.05) is 24.3 Å². The minimum absolute atomic E-state index is 0.123. The van der Waals surface area contributed by atoms with Gasteiger partial charge in [0, 0.05) is 23.8 Å². The van der Waals surface area contributed by atoms with Crippen molar-refractivity contribution in [1.29, 1.82) is 0 Å². The molecule has 1 fully saturated rings. The predicted octanol–water partition coefficient (Wildman–Crippen LogP) is 5.38. The summed E-state index contributed by atoms with van der Waals surface area (Å²) in [5.74, 6) is 1.71. The van der Waals surface area contributed by atoms with Crippen LogP contribution in [0.5, 0.6) is 5.75 Å². The van der Waals surface area contributed by atoms with Gasteiger partial charge in [0.25, 0.3) is 0 Å². The molecule has 5 rings (SSSR count). The molecule has 0 aliphatic carbocycles. The molecule has 3 aromatic heterocycles. The highest BCUT2D eigenvalue weighted by atomic mass is 32.1. The van der Waals surface area contributed by atoms with Gasteiger partial charge >= 0.3 is 0 Å². The van der Waals surface area contributed by atoms with E-state index in [0.717, 1.165) is 45.5 Å². The number of methoxy groups -OCH3 is 1. The number of aryl methyl sites for hydroxylation is 2. The number of nitrogens with one attached hydrogen (secondary N) is 1. The molecule has 7 heteroatoms. The van der Waals surface area contributed by atoms with Crippen LogP contribution in [0.1, 0.15) is 40.3 Å². The lowest BCUT2D eigenvalue weighted by atomic mass is 9.96. The van der Waals surface area contributed by atoms with Crippen LogP contribution >= 0.6 is 12.2 Å². The number of thiocarbonyl (C=S) groups is 1. The Balaban J connectivity index is 1.72. The average Bonchev–Trinajstić information content (AvgIpc) is 3.35. The van der Waals surface area contributed by atoms with Crippen molar-refractivity contribution in [3.05, 3.63) is 101 Å². The predicted molar refractivity (Wildman–Crippen MR) is 139 cm³/mol. The summed E-state index contributed by atoms with van der Waals surface area (Å²) in [4.78, 5) is 11.5. The summed E-state index contributed by atoms with van der Waals surface area (Å²) in [5, 5.41) is 4.18. The number of hydrogen-bond donors (Lipinski definition) is 1. The van der Waals surface area contributed by atoms with Gasteiger partial charge in [-0.15, -0.1) is 0 Å². The Morgan fingerprint density at radius 3 is 2.44 bits per heavy atom. The number of ether oxygens (including phenoxy) is 1. The Morgan fingerprint density at radius 2 is 1.71 bits per heavy atom. The summed E-state index contributed by atoms with van der Waals surface area (Å²) >= 11 is 5.89. The zero-order valence-electron chi connectivity index (χ0n) is 19.7. The summed E-state index contributed by atoms with van der Waals surface area (Å²) in [6.07, 6.45) is 3.66. The number of pyridine rings is 2. The van der Waals surface area contributed by atoms with E-state index in [1.807, 2.05) is 60.9 Å². The average molecular weight is 470 g/mol. The lowest BCUT2D eigenvalue weighted by molar-refractivity contribution is 0.414. The molecule has 34 heavy (non-hydrogen) atoms. The normalized spacial score (nSPS) is 17.6. The third-order valence-corrected chi connectivity index (χ3v) is 6.74. The molecule has 0 amide bonds. The highest BCUT2D eigenvalue weighted by molar-refractivity contribution is 7.80. The van der Waals surface area contributed by atoms with Crippen molar-refractivity contribution in [2.24, 2.45) is 0 Å². The summed E-state index contributed by atoms with van der Waals surface area (Å²) in [6, 6.07) is 20.0. The minimum atomic E-state index is -0.127. The lowest BCUT2D eigenvalue weighted by Gasteiger charge is -2.29. The van der Waals surface area contributed by atoms with Gasteiger partial charge in [0.15, 0.2) is 5.11 Å². The highest BCUT2D eigenvalue weighted by Crippen LogP contribution is 2.46. The van der Waals surface area contributed by atoms with Crippen molar-refractivity contribution in [2.75, 3.05) is 12.0 Å². The summed E-state index contributed by atoms with van der Waals surface area (Å²) in [6.45, 7) is 6.35. The number of anilines is 1. The third kappa shape index (κ3) is 3.62. The van der Waals surface area contributed by atoms with E-state index in [1.54, 1.807) is 7.11 Å². The topological polar surface area (TPSA) is 55.2 Å². The van der Waals surface area contributed by atoms with E-state index in [-0.39, 0.29) is 12.1 Å². The van der Waals surface area contributed by atoms with Crippen molar-refractivity contribution in [3.63, 3.8) is 0 Å². The Morgan fingerprint density at radius 1 is 0.941 bits per heavy atom. The Bertz CT molecular complexity index is 1350. The van der Waals surface area contributed by atoms with Gasteiger partial charge in [0.2, 0.25) is 0 Å². The highest BCUT2D eigenvalue weighted by Gasteiger charge is 2.43. The van der Waals surface area contributed by atoms with Crippen LogP contribution in [0.15, 0.2) is 73.1 Å². The number of rotatable bonds is 5. The van der Waals surface area contributed by atoms with Crippen LogP contribution in [0.2, 0.25) is 0 Å². The summed E-state index contributed by atoms with van der Waals surface area (Å²) in [5.41, 5.74) is 6.38. The van der Waals surface area contributed by atoms with Crippen molar-refractivity contribution in [1.82, 2.24) is 19.9 Å². The smallest absolute Gasteiger partial charge is 0.174 e. The number of hydrogen-bond acceptors (Lipinski definition) is 4. The second-order valence-electron chi connectivity index (χ2n) is 8.47. The minimum Gasteiger partial charge on any atom is -0.495 e. The van der Waals surface area contributed by atoms with E-state index in [9.17, 15) is 0 Å². The summed E-state index contributed by atoms with van der Waals surface area (Å²) in [7, 11) is 1.69. The van der Waals surface area contributed by atoms with Gasteiger partial charge < -0.3 is 19.5 Å². The number of benzene rings is 1. The molecule has 0 unspecified atom stereocenters. The molecule has 4 aromatic rings. The molecule has 1 aromatic carbocycles. The lowest BCUT2D eigenvalue weighted by Crippen LogP contribution is -2.30. The van der Waals surface area contributed by atoms with Crippen LogP contribution in [-0.2, 0) is 0 Å². The molecule has 1 N–H and O–H groups in total. The fourth-order valence-electron chi connectivity index (χ4n) is 4.88. The Hall–Kier alpha value is -3.71. The molecule has 0 saturated carbocycles. The second kappa shape index (κ2) is 8.91. The van der Waals surface area contributed by atoms with Crippen LogP contribution < -0.4 is 15.0 Å². The molecule has 172 valence electrons. The monoisotopic (exact) mass is 469 g/mol. The zero-order valence-corrected chi connectivity index (χ0v) is 20.5. The fourth-order valence-corrected chi connectivity index (χ4v) is 5.22. The maximum absolute atomic E-state index is 5.89. The first-order chi connectivity index (χ1) is 16.5. The number of nitrogens with zero attached hydrogens (tertiary/aromatic N) is 4. The fraction of sp³-hybridized carbons (Fsp3) is 0.222. The molecule has 1 aliphatic heterocycles. The molecule has 4 heterocycles. The van der Waals surface area contributed by atoms with Crippen molar-refractivity contribution in [2.45, 2.75) is 32.9 Å². The summed E-state index contributed by atoms with van der Waals surface area (Å²) < 4.78 is 7.94. The first kappa shape index (κ1) is 22.1. The van der Waals surface area contributed by atoms with E-state index < -0.39 is 0 Å². The molecule has 1 saturated heterocycles. The van der Waals surface area contributed by atoms with Gasteiger partial charge in [-0.05, 0) is 80.5 Å². The van der Waals surface area contributed by atoms with Crippen LogP contribution in [0, 0.1) is 20.8 Å². The van der Waals surface area contributed by atoms with E-state index in [4.69, 9.17) is 17.0 Å². The molecular formula is C27H27N5OS. The third-order valence-electron chi connectivity index (χ3n) is 6.43. The van der Waals surface area contributed by atoms with Crippen LogP contribution in [-0.4, -0.2) is 26.8 Å². The molecule has 0 spiro atoms. The second-order valence-corrected chi connectivity index (χ2v) is 8.86. The molecule has 0 bridgehead atoms. The SMILES string of the molecule is COc1ccccc1N1C(=S)N[C@H](c2ccccn2)[C@@H]1c1cc(C)n(-c2ncccc2C)c1C. The molecule has 2 atom stereocenters. The van der Waals surface area contributed by atoms with Gasteiger partial charge in [-0.25, -0.2) is 4.98 Å². The van der Waals surface area contributed by atoms with Gasteiger partial charge in [-0.3, -0.25) is 4.98 Å². The number of para-hydroxylation sites is 2. The Kier molecular flexibility index (Phi) is 5.79. The maximum Gasteiger partial charge on any atom is 0.174 e. The van der Waals surface area contributed by atoms with Crippen LogP contribution in [0.4, 0.5) is 5.69 Å². The van der Waals surface area contributed by atoms with Crippen LogP contribution in [0.3, 0.4) is 0 Å². The molecular weight excluding hydrogens is 442 g/mol. The van der Waals surface area contributed by atoms with Gasteiger partial charge in [-0.2, -0.15) is 0 Å². The Labute approximate surface area is 205 Å². The van der Waals surface area contributed by atoms with E-state index >= 15 is 0 Å². The van der Waals surface area contributed by atoms with Crippen molar-refractivity contribution < 1.29 is 4.74 Å². The van der Waals surface area contributed by atoms with E-state index in [0.29, 0.717) is 5.11 Å². The first-order valence-corrected chi connectivity index (χ1v) is 11.7. The number of aromatic nitrogens is 3. The van der Waals surface area contributed by atoms with Crippen molar-refractivity contribution >= 4 is 23.0 Å². The molecule has 1 aliphatic rings. The molecule has 0 radical (unpaired) electrons. The molecule has 6 nitrogen and oxygen atoms in total. The standard InChI is InChI=1S/C27H27N5OS/c1-17-10-9-15-29-26(17)31-18(2)16-20(19(31)3)25-24(21-11-7-8-14-28-21)30-27(34)32(25)22-12-5-6-13-23(22)33-4/h5-16,24-25H,1-4H3,(H,30,34)/t24-,25+/m1/s1. The van der Waals surface area contributed by atoms with Crippen LogP contribution in [0.25, 0.3) is 5.82 Å².